The predicted octanol–water partition coefficient (Wildman–Crippen LogP) is 1.76. The van der Waals surface area contributed by atoms with Gasteiger partial charge in [0.15, 0.2) is 11.6 Å². The zero-order valence-electron chi connectivity index (χ0n) is 8.33. The lowest BCUT2D eigenvalue weighted by atomic mass is 10.2. The van der Waals surface area contributed by atoms with Gasteiger partial charge in [-0.15, -0.1) is 0 Å². The van der Waals surface area contributed by atoms with Crippen LogP contribution in [0.3, 0.4) is 0 Å². The Balaban J connectivity index is 2.28. The Morgan fingerprint density at radius 1 is 1.64 bits per heavy atom. The van der Waals surface area contributed by atoms with Crippen LogP contribution in [0.4, 0.5) is 10.2 Å². The minimum absolute atomic E-state index is 0.199. The summed E-state index contributed by atoms with van der Waals surface area (Å²) in [6.07, 6.45) is 3.42. The van der Waals surface area contributed by atoms with E-state index in [9.17, 15) is 4.39 Å². The maximum Gasteiger partial charge on any atom is 0.165 e. The smallest absolute Gasteiger partial charge is 0.165 e. The number of nitrogens with one attached hydrogen (secondary N) is 1. The normalized spacial score (nSPS) is 12.5. The molecule has 1 aromatic rings. The van der Waals surface area contributed by atoms with E-state index in [4.69, 9.17) is 5.73 Å². The van der Waals surface area contributed by atoms with Crippen LogP contribution in [-0.4, -0.2) is 17.6 Å². The molecule has 1 unspecified atom stereocenters. The molecule has 0 aliphatic heterocycles. The van der Waals surface area contributed by atoms with E-state index < -0.39 is 0 Å². The number of nitrogens with two attached hydrogens (primary N) is 1. The van der Waals surface area contributed by atoms with Gasteiger partial charge in [-0.3, -0.25) is 0 Å². The lowest BCUT2D eigenvalue weighted by Crippen LogP contribution is -2.16. The first-order valence-corrected chi connectivity index (χ1v) is 4.80. The molecular formula is C10H16FN3. The van der Waals surface area contributed by atoms with Crippen molar-refractivity contribution in [3.8, 4) is 0 Å². The van der Waals surface area contributed by atoms with E-state index in [-0.39, 0.29) is 11.9 Å². The summed E-state index contributed by atoms with van der Waals surface area (Å²) in [7, 11) is 0. The van der Waals surface area contributed by atoms with Crippen molar-refractivity contribution in [2.24, 2.45) is 5.73 Å². The fraction of sp³-hybridized carbons (Fsp3) is 0.500. The molecule has 1 heterocycles. The predicted molar refractivity (Wildman–Crippen MR) is 55.6 cm³/mol. The molecule has 0 saturated heterocycles. The summed E-state index contributed by atoms with van der Waals surface area (Å²) in [6, 6.07) is 3.16. The zero-order chi connectivity index (χ0) is 10.4. The summed E-state index contributed by atoms with van der Waals surface area (Å²) in [4.78, 5) is 3.88. The summed E-state index contributed by atoms with van der Waals surface area (Å²) in [5.41, 5.74) is 5.58. The number of nitrogens with zero attached hydrogens (tertiary/aromatic N) is 1. The number of anilines is 1. The second-order valence-electron chi connectivity index (χ2n) is 3.38. The molecule has 0 aromatic carbocycles. The van der Waals surface area contributed by atoms with Gasteiger partial charge in [0.2, 0.25) is 0 Å². The van der Waals surface area contributed by atoms with Crippen LogP contribution in [0.15, 0.2) is 18.3 Å². The molecular weight excluding hydrogens is 181 g/mol. The van der Waals surface area contributed by atoms with Crippen LogP contribution < -0.4 is 11.1 Å². The molecule has 0 saturated carbocycles. The van der Waals surface area contributed by atoms with E-state index in [1.54, 1.807) is 12.3 Å². The van der Waals surface area contributed by atoms with E-state index in [0.29, 0.717) is 12.4 Å². The van der Waals surface area contributed by atoms with Crippen molar-refractivity contribution < 1.29 is 4.39 Å². The first kappa shape index (κ1) is 10.9. The molecule has 1 aromatic heterocycles. The molecule has 78 valence electrons. The lowest BCUT2D eigenvalue weighted by molar-refractivity contribution is 0.616. The third kappa shape index (κ3) is 3.70. The monoisotopic (exact) mass is 197 g/mol. The van der Waals surface area contributed by atoms with Gasteiger partial charge < -0.3 is 11.1 Å². The standard InChI is InChI=1S/C10H16FN3/c1-8(12)4-2-6-13-10-9(11)5-3-7-14-10/h3,5,7-8H,2,4,6,12H2,1H3,(H,13,14). The van der Waals surface area contributed by atoms with E-state index in [1.807, 2.05) is 6.92 Å². The van der Waals surface area contributed by atoms with E-state index >= 15 is 0 Å². The summed E-state index contributed by atoms with van der Waals surface area (Å²) in [5.74, 6) is 0.00507. The molecule has 0 fully saturated rings. The van der Waals surface area contributed by atoms with Crippen LogP contribution in [0, 0.1) is 5.82 Å². The SMILES string of the molecule is CC(N)CCCNc1ncccc1F. The van der Waals surface area contributed by atoms with Crippen molar-refractivity contribution >= 4 is 5.82 Å². The summed E-state index contributed by atoms with van der Waals surface area (Å²) < 4.78 is 13.0. The Labute approximate surface area is 83.5 Å². The van der Waals surface area contributed by atoms with E-state index in [1.165, 1.54) is 6.07 Å². The third-order valence-electron chi connectivity index (χ3n) is 1.89. The van der Waals surface area contributed by atoms with Crippen molar-refractivity contribution in [3.63, 3.8) is 0 Å². The van der Waals surface area contributed by atoms with Gasteiger partial charge in [0.1, 0.15) is 0 Å². The number of aromatic nitrogens is 1. The molecule has 14 heavy (non-hydrogen) atoms. The summed E-state index contributed by atoms with van der Waals surface area (Å²) >= 11 is 0. The van der Waals surface area contributed by atoms with Gasteiger partial charge in [-0.2, -0.15) is 0 Å². The lowest BCUT2D eigenvalue weighted by Gasteiger charge is -2.07. The Morgan fingerprint density at radius 2 is 2.43 bits per heavy atom. The maximum atomic E-state index is 13.0. The minimum Gasteiger partial charge on any atom is -0.368 e. The molecule has 1 atom stereocenters. The molecule has 0 spiro atoms. The maximum absolute atomic E-state index is 13.0. The van der Waals surface area contributed by atoms with Crippen molar-refractivity contribution in [3.05, 3.63) is 24.1 Å². The number of hydrogen-bond acceptors (Lipinski definition) is 3. The molecule has 0 aliphatic carbocycles. The molecule has 3 nitrogen and oxygen atoms in total. The number of hydrogen-bond donors (Lipinski definition) is 2. The van der Waals surface area contributed by atoms with E-state index in [2.05, 4.69) is 10.3 Å². The number of pyridine rings is 1. The average Bonchev–Trinajstić information content (AvgIpc) is 2.15. The second-order valence-corrected chi connectivity index (χ2v) is 3.38. The van der Waals surface area contributed by atoms with Crippen molar-refractivity contribution in [1.82, 2.24) is 4.98 Å². The minimum atomic E-state index is -0.312. The van der Waals surface area contributed by atoms with E-state index in [0.717, 1.165) is 12.8 Å². The van der Waals surface area contributed by atoms with Gasteiger partial charge in [-0.05, 0) is 31.9 Å². The van der Waals surface area contributed by atoms with Crippen molar-refractivity contribution in [1.29, 1.82) is 0 Å². The average molecular weight is 197 g/mol. The number of halogens is 1. The topological polar surface area (TPSA) is 50.9 Å². The van der Waals surface area contributed by atoms with Gasteiger partial charge in [0, 0.05) is 18.8 Å². The Hall–Kier alpha value is -1.16. The molecule has 3 N–H and O–H groups in total. The fourth-order valence-corrected chi connectivity index (χ4v) is 1.15. The van der Waals surface area contributed by atoms with Crippen LogP contribution in [-0.2, 0) is 0 Å². The molecule has 0 bridgehead atoms. The first-order valence-electron chi connectivity index (χ1n) is 4.80. The van der Waals surface area contributed by atoms with Gasteiger partial charge >= 0.3 is 0 Å². The second kappa shape index (κ2) is 5.54. The highest BCUT2D eigenvalue weighted by atomic mass is 19.1. The summed E-state index contributed by atoms with van der Waals surface area (Å²) in [5, 5.41) is 2.93. The van der Waals surface area contributed by atoms with Crippen molar-refractivity contribution in [2.45, 2.75) is 25.8 Å². The van der Waals surface area contributed by atoms with Gasteiger partial charge in [-0.1, -0.05) is 0 Å². The van der Waals surface area contributed by atoms with Crippen LogP contribution in [0.5, 0.6) is 0 Å². The quantitative estimate of drug-likeness (QED) is 0.707. The molecule has 0 amide bonds. The zero-order valence-corrected chi connectivity index (χ0v) is 8.33. The fourth-order valence-electron chi connectivity index (χ4n) is 1.15. The largest absolute Gasteiger partial charge is 0.368 e. The number of rotatable bonds is 5. The highest BCUT2D eigenvalue weighted by Gasteiger charge is 2.00. The van der Waals surface area contributed by atoms with Crippen LogP contribution >= 0.6 is 0 Å². The Morgan fingerprint density at radius 3 is 3.07 bits per heavy atom. The first-order chi connectivity index (χ1) is 6.70. The molecule has 0 radical (unpaired) electrons. The van der Waals surface area contributed by atoms with Crippen LogP contribution in [0.2, 0.25) is 0 Å². The van der Waals surface area contributed by atoms with Gasteiger partial charge in [-0.25, -0.2) is 9.37 Å². The van der Waals surface area contributed by atoms with Gasteiger partial charge in [0.25, 0.3) is 0 Å². The Kier molecular flexibility index (Phi) is 4.32. The summed E-state index contributed by atoms with van der Waals surface area (Å²) in [6.45, 7) is 2.66. The molecule has 1 rings (SSSR count). The van der Waals surface area contributed by atoms with Crippen LogP contribution in [0.1, 0.15) is 19.8 Å². The van der Waals surface area contributed by atoms with Crippen LogP contribution in [0.25, 0.3) is 0 Å². The highest BCUT2D eigenvalue weighted by molar-refractivity contribution is 5.35. The van der Waals surface area contributed by atoms with Gasteiger partial charge in [0.05, 0.1) is 0 Å². The third-order valence-corrected chi connectivity index (χ3v) is 1.89. The highest BCUT2D eigenvalue weighted by Crippen LogP contribution is 2.08. The molecule has 4 heteroatoms. The van der Waals surface area contributed by atoms with Crippen molar-refractivity contribution in [2.75, 3.05) is 11.9 Å². The Bertz CT molecular complexity index is 276. The molecule has 0 aliphatic rings.